The van der Waals surface area contributed by atoms with Gasteiger partial charge in [-0.1, -0.05) is 35.4 Å². The predicted octanol–water partition coefficient (Wildman–Crippen LogP) is 2.39. The molecule has 0 spiro atoms. The summed E-state index contributed by atoms with van der Waals surface area (Å²) in [6.45, 7) is 4.93. The van der Waals surface area contributed by atoms with Crippen molar-refractivity contribution < 1.29 is 22.6 Å². The Morgan fingerprint density at radius 2 is 1.67 bits per heavy atom. The number of aryl methyl sites for hydroxylation is 2. The summed E-state index contributed by atoms with van der Waals surface area (Å²) in [4.78, 5) is 4.36. The van der Waals surface area contributed by atoms with Crippen LogP contribution in [0.3, 0.4) is 0 Å². The number of rotatable bonds is 4. The Balaban J connectivity index is 1.85. The molecule has 0 saturated carbocycles. The van der Waals surface area contributed by atoms with E-state index in [1.807, 2.05) is 26.0 Å². The molecule has 0 aliphatic carbocycles. The summed E-state index contributed by atoms with van der Waals surface area (Å²) >= 11 is 0. The van der Waals surface area contributed by atoms with Gasteiger partial charge < -0.3 is 14.2 Å². The second-order valence-electron chi connectivity index (χ2n) is 6.17. The number of sulfonamides is 1. The highest BCUT2D eigenvalue weighted by Gasteiger charge is 2.21. The van der Waals surface area contributed by atoms with Gasteiger partial charge in [-0.25, -0.2) is 18.1 Å². The van der Waals surface area contributed by atoms with E-state index < -0.39 is 16.3 Å². The number of hydrogen-bond acceptors (Lipinski definition) is 6. The first-order valence-electron chi connectivity index (χ1n) is 8.53. The van der Waals surface area contributed by atoms with Crippen LogP contribution in [-0.2, 0) is 19.5 Å². The van der Waals surface area contributed by atoms with E-state index in [1.54, 1.807) is 24.3 Å². The maximum Gasteiger partial charge on any atom is 0.307 e. The van der Waals surface area contributed by atoms with Gasteiger partial charge in [0, 0.05) is 0 Å². The molecule has 1 atom stereocenters. The molecule has 1 N–H and O–H groups in total. The van der Waals surface area contributed by atoms with E-state index in [0.29, 0.717) is 19.0 Å². The smallest absolute Gasteiger partial charge is 0.307 e. The number of benzene rings is 2. The molecule has 1 fully saturated rings. The molecule has 0 aromatic heterocycles. The molecule has 2 aromatic carbocycles. The Morgan fingerprint density at radius 3 is 2.26 bits per heavy atom. The number of ether oxygens (including phenoxy) is 3. The van der Waals surface area contributed by atoms with Crippen molar-refractivity contribution in [1.29, 1.82) is 0 Å². The van der Waals surface area contributed by atoms with Crippen LogP contribution < -0.4 is 9.46 Å². The number of aliphatic imine (C=N–C) groups is 1. The van der Waals surface area contributed by atoms with Gasteiger partial charge in [0.25, 0.3) is 10.0 Å². The molecule has 0 bridgehead atoms. The molecule has 144 valence electrons. The molecule has 1 saturated heterocycles. The fourth-order valence-electron chi connectivity index (χ4n) is 2.36. The normalized spacial score (nSPS) is 18.1. The summed E-state index contributed by atoms with van der Waals surface area (Å²) in [5, 5.41) is 0. The second-order valence-corrected chi connectivity index (χ2v) is 7.85. The van der Waals surface area contributed by atoms with Gasteiger partial charge in [0.2, 0.25) is 0 Å². The minimum atomic E-state index is -3.86. The Morgan fingerprint density at radius 1 is 1.04 bits per heavy atom. The maximum absolute atomic E-state index is 12.7. The lowest BCUT2D eigenvalue weighted by atomic mass is 10.2. The lowest BCUT2D eigenvalue weighted by Crippen LogP contribution is -2.37. The molecule has 1 heterocycles. The zero-order valence-electron chi connectivity index (χ0n) is 15.2. The highest BCUT2D eigenvalue weighted by molar-refractivity contribution is 7.90. The molecular formula is C19H22N2O5S. The molecule has 1 unspecified atom stereocenters. The summed E-state index contributed by atoms with van der Waals surface area (Å²) in [5.74, 6) is 0.461. The van der Waals surface area contributed by atoms with Crippen LogP contribution in [0.15, 0.2) is 58.4 Å². The van der Waals surface area contributed by atoms with Gasteiger partial charge in [0.15, 0.2) is 6.23 Å². The van der Waals surface area contributed by atoms with Crippen LogP contribution in [0.2, 0.25) is 0 Å². The Bertz CT molecular complexity index is 887. The Hall–Kier alpha value is -2.42. The minimum Gasteiger partial charge on any atom is -0.425 e. The number of amidine groups is 1. The molecule has 7 nitrogen and oxygen atoms in total. The van der Waals surface area contributed by atoms with Crippen molar-refractivity contribution >= 4 is 16.0 Å². The standard InChI is InChI=1S/C19H22N2O5S/c1-14-3-7-16(8-4-14)26-19(20-18-13-24-11-12-25-18)21-27(22,23)17-9-5-15(2)6-10-17/h3-10,18H,11-13H2,1-2H3,(H,20,21). The first-order chi connectivity index (χ1) is 12.9. The molecule has 0 amide bonds. The average molecular weight is 390 g/mol. The molecule has 3 rings (SSSR count). The van der Waals surface area contributed by atoms with Gasteiger partial charge in [-0.05, 0) is 38.1 Å². The fourth-order valence-corrected chi connectivity index (χ4v) is 3.30. The lowest BCUT2D eigenvalue weighted by molar-refractivity contribution is -0.0843. The van der Waals surface area contributed by atoms with Crippen LogP contribution in [0.4, 0.5) is 0 Å². The highest BCUT2D eigenvalue weighted by atomic mass is 32.2. The van der Waals surface area contributed by atoms with Crippen molar-refractivity contribution in [3.8, 4) is 5.75 Å². The van der Waals surface area contributed by atoms with E-state index in [2.05, 4.69) is 9.71 Å². The molecule has 27 heavy (non-hydrogen) atoms. The maximum atomic E-state index is 12.7. The van der Waals surface area contributed by atoms with Crippen molar-refractivity contribution in [1.82, 2.24) is 4.72 Å². The van der Waals surface area contributed by atoms with Gasteiger partial charge in [0.1, 0.15) is 5.75 Å². The number of nitrogens with zero attached hydrogens (tertiary/aromatic N) is 1. The first-order valence-corrected chi connectivity index (χ1v) is 10.0. The fraction of sp³-hybridized carbons (Fsp3) is 0.316. The molecule has 8 heteroatoms. The second kappa shape index (κ2) is 8.51. The van der Waals surface area contributed by atoms with E-state index in [-0.39, 0.29) is 17.5 Å². The highest BCUT2D eigenvalue weighted by Crippen LogP contribution is 2.15. The molecule has 1 aliphatic rings. The molecule has 0 radical (unpaired) electrons. The topological polar surface area (TPSA) is 86.2 Å². The molecule has 1 aliphatic heterocycles. The van der Waals surface area contributed by atoms with Gasteiger partial charge >= 0.3 is 6.02 Å². The van der Waals surface area contributed by atoms with Crippen LogP contribution >= 0.6 is 0 Å². The monoisotopic (exact) mass is 390 g/mol. The summed E-state index contributed by atoms with van der Waals surface area (Å²) in [7, 11) is -3.86. The Kier molecular flexibility index (Phi) is 6.10. The van der Waals surface area contributed by atoms with Gasteiger partial charge in [-0.2, -0.15) is 0 Å². The third-order valence-corrected chi connectivity index (χ3v) is 5.18. The molecular weight excluding hydrogens is 368 g/mol. The third kappa shape index (κ3) is 5.53. The zero-order chi connectivity index (χ0) is 19.3. The van der Waals surface area contributed by atoms with E-state index in [1.165, 1.54) is 12.1 Å². The number of hydrogen-bond donors (Lipinski definition) is 1. The van der Waals surface area contributed by atoms with Crippen molar-refractivity contribution in [2.45, 2.75) is 25.0 Å². The quantitative estimate of drug-likeness (QED) is 0.640. The summed E-state index contributed by atoms with van der Waals surface area (Å²) in [5.41, 5.74) is 2.02. The van der Waals surface area contributed by atoms with Crippen LogP contribution in [-0.4, -0.2) is 40.5 Å². The van der Waals surface area contributed by atoms with Crippen LogP contribution in [0.5, 0.6) is 5.75 Å². The van der Waals surface area contributed by atoms with E-state index >= 15 is 0 Å². The van der Waals surface area contributed by atoms with Crippen LogP contribution in [0, 0.1) is 13.8 Å². The van der Waals surface area contributed by atoms with Gasteiger partial charge in [0.05, 0.1) is 24.7 Å². The first kappa shape index (κ1) is 19.3. The van der Waals surface area contributed by atoms with Crippen molar-refractivity contribution in [3.63, 3.8) is 0 Å². The summed E-state index contributed by atoms with van der Waals surface area (Å²) < 4.78 is 44.3. The van der Waals surface area contributed by atoms with Crippen molar-refractivity contribution in [2.24, 2.45) is 4.99 Å². The number of nitrogens with one attached hydrogen (secondary N) is 1. The summed E-state index contributed by atoms with van der Waals surface area (Å²) in [6.07, 6.45) is -0.639. The Labute approximate surface area is 159 Å². The van der Waals surface area contributed by atoms with Crippen molar-refractivity contribution in [3.05, 3.63) is 59.7 Å². The van der Waals surface area contributed by atoms with Gasteiger partial charge in [-0.3, -0.25) is 0 Å². The SMILES string of the molecule is Cc1ccc(O/C(=N/C2COCCO2)NS(=O)(=O)c2ccc(C)cc2)cc1. The average Bonchev–Trinajstić information content (AvgIpc) is 2.64. The minimum absolute atomic E-state index is 0.120. The van der Waals surface area contributed by atoms with E-state index in [0.717, 1.165) is 11.1 Å². The van der Waals surface area contributed by atoms with E-state index in [9.17, 15) is 8.42 Å². The third-order valence-electron chi connectivity index (χ3n) is 3.85. The van der Waals surface area contributed by atoms with Crippen LogP contribution in [0.25, 0.3) is 0 Å². The van der Waals surface area contributed by atoms with Gasteiger partial charge in [-0.15, -0.1) is 0 Å². The van der Waals surface area contributed by atoms with Crippen molar-refractivity contribution in [2.75, 3.05) is 19.8 Å². The summed E-state index contributed by atoms with van der Waals surface area (Å²) in [6, 6.07) is 13.5. The predicted molar refractivity (Wildman–Crippen MR) is 101 cm³/mol. The molecule has 2 aromatic rings. The largest absolute Gasteiger partial charge is 0.425 e. The lowest BCUT2D eigenvalue weighted by Gasteiger charge is -2.21. The zero-order valence-corrected chi connectivity index (χ0v) is 16.0. The van der Waals surface area contributed by atoms with E-state index in [4.69, 9.17) is 14.2 Å². The van der Waals surface area contributed by atoms with Crippen LogP contribution in [0.1, 0.15) is 11.1 Å².